The molecule has 0 saturated carbocycles. The van der Waals surface area contributed by atoms with Crippen LogP contribution in [0.1, 0.15) is 47.3 Å². The number of carbonyl (C=O) groups excluding carboxylic acids is 1. The van der Waals surface area contributed by atoms with Crippen LogP contribution in [0.2, 0.25) is 0 Å². The highest BCUT2D eigenvalue weighted by atomic mass is 16.2. The second-order valence-corrected chi connectivity index (χ2v) is 8.83. The van der Waals surface area contributed by atoms with Crippen molar-refractivity contribution in [3.63, 3.8) is 0 Å². The zero-order valence-electron chi connectivity index (χ0n) is 17.0. The highest BCUT2D eigenvalue weighted by molar-refractivity contribution is 5.92. The maximum Gasteiger partial charge on any atom is 0.272 e. The number of piperidine rings is 2. The minimum Gasteiger partial charge on any atom is -0.332 e. The molecule has 5 heteroatoms. The summed E-state index contributed by atoms with van der Waals surface area (Å²) in [6.07, 6.45) is 6.47. The fraction of sp³-hybridized carbons (Fsp3) is 0.500. The van der Waals surface area contributed by atoms with Gasteiger partial charge in [-0.15, -0.1) is 0 Å². The number of nitrogens with zero attached hydrogens (tertiary/aromatic N) is 3. The molecule has 29 heavy (non-hydrogen) atoms. The fourth-order valence-electron chi connectivity index (χ4n) is 5.60. The lowest BCUT2D eigenvalue weighted by atomic mass is 9.68. The van der Waals surface area contributed by atoms with Gasteiger partial charge >= 0.3 is 0 Å². The molecular formula is C24H30N4O. The van der Waals surface area contributed by atoms with E-state index < -0.39 is 0 Å². The smallest absolute Gasteiger partial charge is 0.272 e. The van der Waals surface area contributed by atoms with Crippen molar-refractivity contribution in [1.29, 1.82) is 0 Å². The number of hydrogen-bond acceptors (Lipinski definition) is 4. The van der Waals surface area contributed by atoms with Gasteiger partial charge in [0, 0.05) is 30.7 Å². The average molecular weight is 391 g/mol. The second-order valence-electron chi connectivity index (χ2n) is 8.83. The van der Waals surface area contributed by atoms with Crippen LogP contribution in [-0.2, 0) is 12.0 Å². The Morgan fingerprint density at radius 1 is 1.03 bits per heavy atom. The number of carbonyl (C=O) groups is 1. The Kier molecular flexibility index (Phi) is 5.10. The molecule has 1 amide bonds. The highest BCUT2D eigenvalue weighted by Crippen LogP contribution is 2.42. The third kappa shape index (κ3) is 3.58. The van der Waals surface area contributed by atoms with Crippen molar-refractivity contribution in [2.75, 3.05) is 32.7 Å². The van der Waals surface area contributed by atoms with Crippen LogP contribution < -0.4 is 5.32 Å². The van der Waals surface area contributed by atoms with Gasteiger partial charge in [-0.3, -0.25) is 9.78 Å². The van der Waals surface area contributed by atoms with Crippen LogP contribution in [-0.4, -0.2) is 59.5 Å². The van der Waals surface area contributed by atoms with Crippen LogP contribution in [0.4, 0.5) is 0 Å². The van der Waals surface area contributed by atoms with Crippen molar-refractivity contribution >= 4 is 5.91 Å². The van der Waals surface area contributed by atoms with Gasteiger partial charge in [-0.25, -0.2) is 0 Å². The van der Waals surface area contributed by atoms with Crippen LogP contribution in [0.15, 0.2) is 48.7 Å². The summed E-state index contributed by atoms with van der Waals surface area (Å²) >= 11 is 0. The number of pyridine rings is 1. The van der Waals surface area contributed by atoms with E-state index in [1.807, 2.05) is 23.1 Å². The quantitative estimate of drug-likeness (QED) is 0.857. The second kappa shape index (κ2) is 7.88. The number of benzene rings is 1. The standard InChI is InChI=1S/C24H30N4O/c29-23(22-7-3-4-12-26-22)28-17-19-5-1-2-6-21(19)24(18-28)10-15-27(16-11-24)20-8-13-25-14-9-20/h1-7,12,20,25H,8-11,13-18H2. The molecule has 0 radical (unpaired) electrons. The Balaban J connectivity index is 1.39. The fourth-order valence-corrected chi connectivity index (χ4v) is 5.60. The van der Waals surface area contributed by atoms with Crippen LogP contribution in [0.25, 0.3) is 0 Å². The SMILES string of the molecule is O=C(c1ccccn1)N1Cc2ccccc2C2(CCN(C3CCNCC3)CC2)C1. The normalized spacial score (nSPS) is 22.4. The van der Waals surface area contributed by atoms with Crippen molar-refractivity contribution in [2.45, 2.75) is 43.7 Å². The summed E-state index contributed by atoms with van der Waals surface area (Å²) in [5.74, 6) is 0.0558. The predicted octanol–water partition coefficient (Wildman–Crippen LogP) is 2.82. The largest absolute Gasteiger partial charge is 0.332 e. The average Bonchev–Trinajstić information content (AvgIpc) is 2.80. The molecule has 3 aliphatic heterocycles. The van der Waals surface area contributed by atoms with Crippen molar-refractivity contribution in [3.8, 4) is 0 Å². The molecule has 1 spiro atoms. The summed E-state index contributed by atoms with van der Waals surface area (Å²) in [4.78, 5) is 22.2. The minimum absolute atomic E-state index is 0.0558. The van der Waals surface area contributed by atoms with Crippen molar-refractivity contribution in [1.82, 2.24) is 20.1 Å². The van der Waals surface area contributed by atoms with E-state index in [9.17, 15) is 4.79 Å². The van der Waals surface area contributed by atoms with E-state index in [0.29, 0.717) is 12.2 Å². The first kappa shape index (κ1) is 18.8. The van der Waals surface area contributed by atoms with E-state index in [1.165, 1.54) is 24.0 Å². The van der Waals surface area contributed by atoms with Crippen LogP contribution >= 0.6 is 0 Å². The van der Waals surface area contributed by atoms with Gasteiger partial charge < -0.3 is 15.1 Å². The summed E-state index contributed by atoms with van der Waals surface area (Å²) in [5.41, 5.74) is 3.39. The topological polar surface area (TPSA) is 48.5 Å². The van der Waals surface area contributed by atoms with Gasteiger partial charge in [-0.2, -0.15) is 0 Å². The zero-order chi connectivity index (χ0) is 19.7. The van der Waals surface area contributed by atoms with Gasteiger partial charge in [0.05, 0.1) is 0 Å². The van der Waals surface area contributed by atoms with Crippen LogP contribution in [0.3, 0.4) is 0 Å². The van der Waals surface area contributed by atoms with Gasteiger partial charge in [-0.1, -0.05) is 30.3 Å². The molecule has 0 unspecified atom stereocenters. The first-order chi connectivity index (χ1) is 14.3. The van der Waals surface area contributed by atoms with Crippen LogP contribution in [0, 0.1) is 0 Å². The van der Waals surface area contributed by atoms with E-state index in [4.69, 9.17) is 0 Å². The number of rotatable bonds is 2. The Hall–Kier alpha value is -2.24. The lowest BCUT2D eigenvalue weighted by molar-refractivity contribution is 0.0488. The summed E-state index contributed by atoms with van der Waals surface area (Å²) in [6.45, 7) is 6.03. The lowest BCUT2D eigenvalue weighted by Crippen LogP contribution is -2.55. The first-order valence-corrected chi connectivity index (χ1v) is 11.0. The first-order valence-electron chi connectivity index (χ1n) is 11.0. The third-order valence-electron chi connectivity index (χ3n) is 7.19. The molecule has 0 atom stereocenters. The summed E-state index contributed by atoms with van der Waals surface area (Å²) in [5, 5.41) is 3.48. The molecule has 2 aromatic rings. The lowest BCUT2D eigenvalue weighted by Gasteiger charge is -2.50. The molecule has 1 aromatic carbocycles. The van der Waals surface area contributed by atoms with Crippen molar-refractivity contribution in [3.05, 3.63) is 65.5 Å². The van der Waals surface area contributed by atoms with E-state index in [2.05, 4.69) is 39.5 Å². The van der Waals surface area contributed by atoms with Crippen molar-refractivity contribution in [2.24, 2.45) is 0 Å². The number of nitrogens with one attached hydrogen (secondary N) is 1. The third-order valence-corrected chi connectivity index (χ3v) is 7.19. The minimum atomic E-state index is 0.0558. The van der Waals surface area contributed by atoms with Gasteiger partial charge in [0.25, 0.3) is 5.91 Å². The predicted molar refractivity (Wildman–Crippen MR) is 114 cm³/mol. The number of hydrogen-bond donors (Lipinski definition) is 1. The van der Waals surface area contributed by atoms with Gasteiger partial charge in [-0.05, 0) is 75.1 Å². The summed E-state index contributed by atoms with van der Waals surface area (Å²) in [6, 6.07) is 15.1. The van der Waals surface area contributed by atoms with Gasteiger partial charge in [0.15, 0.2) is 0 Å². The molecule has 0 aliphatic carbocycles. The van der Waals surface area contributed by atoms with Gasteiger partial charge in [0.1, 0.15) is 5.69 Å². The maximum atomic E-state index is 13.2. The Bertz CT molecular complexity index is 854. The Morgan fingerprint density at radius 2 is 1.79 bits per heavy atom. The molecule has 152 valence electrons. The molecule has 2 fully saturated rings. The van der Waals surface area contributed by atoms with Crippen molar-refractivity contribution < 1.29 is 4.79 Å². The van der Waals surface area contributed by atoms with E-state index in [0.717, 1.165) is 51.6 Å². The molecule has 5 rings (SSSR count). The molecule has 5 nitrogen and oxygen atoms in total. The van der Waals surface area contributed by atoms with Crippen LogP contribution in [0.5, 0.6) is 0 Å². The Labute approximate surface area is 173 Å². The molecule has 1 aromatic heterocycles. The number of amides is 1. The molecule has 0 bridgehead atoms. The molecule has 2 saturated heterocycles. The number of likely N-dealkylation sites (tertiary alicyclic amines) is 1. The zero-order valence-corrected chi connectivity index (χ0v) is 17.0. The summed E-state index contributed by atoms with van der Waals surface area (Å²) in [7, 11) is 0. The summed E-state index contributed by atoms with van der Waals surface area (Å²) < 4.78 is 0. The molecular weight excluding hydrogens is 360 g/mol. The van der Waals surface area contributed by atoms with E-state index in [-0.39, 0.29) is 11.3 Å². The number of fused-ring (bicyclic) bond motifs is 2. The highest BCUT2D eigenvalue weighted by Gasteiger charge is 2.44. The monoisotopic (exact) mass is 390 g/mol. The molecule has 1 N–H and O–H groups in total. The molecule has 4 heterocycles. The Morgan fingerprint density at radius 3 is 2.55 bits per heavy atom. The van der Waals surface area contributed by atoms with E-state index in [1.54, 1.807) is 6.20 Å². The van der Waals surface area contributed by atoms with E-state index >= 15 is 0 Å². The van der Waals surface area contributed by atoms with Gasteiger partial charge in [0.2, 0.25) is 0 Å². The molecule has 3 aliphatic rings. The maximum absolute atomic E-state index is 13.2. The number of aromatic nitrogens is 1.